The van der Waals surface area contributed by atoms with Gasteiger partial charge in [-0.2, -0.15) is 13.2 Å². The lowest BCUT2D eigenvalue weighted by Crippen LogP contribution is -2.49. The molecule has 140 valence electrons. The van der Waals surface area contributed by atoms with Crippen molar-refractivity contribution in [2.75, 3.05) is 32.9 Å². The van der Waals surface area contributed by atoms with Gasteiger partial charge in [0.25, 0.3) is 0 Å². The highest BCUT2D eigenvalue weighted by molar-refractivity contribution is 5.66. The van der Waals surface area contributed by atoms with Crippen LogP contribution in [-0.4, -0.2) is 50.1 Å². The SMILES string of the molecule is CCC(COc1cccc(C(F)(F)F)c1)OC(=O)NN1CCOCC1. The largest absolute Gasteiger partial charge is 0.490 e. The van der Waals surface area contributed by atoms with E-state index in [0.29, 0.717) is 32.7 Å². The first-order valence-electron chi connectivity index (χ1n) is 7.98. The van der Waals surface area contributed by atoms with Gasteiger partial charge < -0.3 is 14.2 Å². The Bertz CT molecular complexity index is 563. The van der Waals surface area contributed by atoms with Crippen molar-refractivity contribution in [3.63, 3.8) is 0 Å². The van der Waals surface area contributed by atoms with Crippen molar-refractivity contribution in [2.45, 2.75) is 25.6 Å². The van der Waals surface area contributed by atoms with E-state index in [-0.39, 0.29) is 12.4 Å². The van der Waals surface area contributed by atoms with Crippen LogP contribution in [-0.2, 0) is 15.7 Å². The zero-order valence-electron chi connectivity index (χ0n) is 13.8. The van der Waals surface area contributed by atoms with Gasteiger partial charge in [-0.25, -0.2) is 9.80 Å². The summed E-state index contributed by atoms with van der Waals surface area (Å²) in [6.45, 7) is 3.93. The smallest absolute Gasteiger partial charge is 0.422 e. The fraction of sp³-hybridized carbons (Fsp3) is 0.562. The second-order valence-electron chi connectivity index (χ2n) is 5.48. The molecule has 1 saturated heterocycles. The van der Waals surface area contributed by atoms with Crippen molar-refractivity contribution in [3.05, 3.63) is 29.8 Å². The summed E-state index contributed by atoms with van der Waals surface area (Å²) >= 11 is 0. The molecule has 1 amide bonds. The standard InChI is InChI=1S/C16H21F3N2O4/c1-2-13(25-15(22)20-21-6-8-23-9-7-21)11-24-14-5-3-4-12(10-14)16(17,18)19/h3-5,10,13H,2,6-9,11H2,1H3,(H,20,22). The molecular formula is C16H21F3N2O4. The summed E-state index contributed by atoms with van der Waals surface area (Å²) in [6, 6.07) is 4.58. The second-order valence-corrected chi connectivity index (χ2v) is 5.48. The number of rotatable bonds is 6. The summed E-state index contributed by atoms with van der Waals surface area (Å²) in [4.78, 5) is 11.9. The van der Waals surface area contributed by atoms with Gasteiger partial charge in [-0.05, 0) is 24.6 Å². The maximum Gasteiger partial charge on any atom is 0.422 e. The molecule has 6 nitrogen and oxygen atoms in total. The lowest BCUT2D eigenvalue weighted by Gasteiger charge is -2.27. The molecule has 0 aromatic heterocycles. The van der Waals surface area contributed by atoms with Crippen molar-refractivity contribution in [2.24, 2.45) is 0 Å². The molecule has 0 aliphatic carbocycles. The second kappa shape index (κ2) is 8.91. The number of halogens is 3. The molecule has 25 heavy (non-hydrogen) atoms. The van der Waals surface area contributed by atoms with Gasteiger partial charge in [-0.15, -0.1) is 0 Å². The van der Waals surface area contributed by atoms with Crippen molar-refractivity contribution in [1.82, 2.24) is 10.4 Å². The number of nitrogens with one attached hydrogen (secondary N) is 1. The van der Waals surface area contributed by atoms with Gasteiger partial charge in [0, 0.05) is 13.1 Å². The molecule has 0 bridgehead atoms. The average molecular weight is 362 g/mol. The van der Waals surface area contributed by atoms with Crippen molar-refractivity contribution < 1.29 is 32.2 Å². The first-order valence-corrected chi connectivity index (χ1v) is 7.98. The van der Waals surface area contributed by atoms with Crippen LogP contribution in [0.1, 0.15) is 18.9 Å². The van der Waals surface area contributed by atoms with Crippen LogP contribution in [0.15, 0.2) is 24.3 Å². The van der Waals surface area contributed by atoms with E-state index in [1.165, 1.54) is 12.1 Å². The molecule has 1 atom stereocenters. The number of nitrogens with zero attached hydrogens (tertiary/aromatic N) is 1. The lowest BCUT2D eigenvalue weighted by atomic mass is 10.2. The monoisotopic (exact) mass is 362 g/mol. The number of carbonyl (C=O) groups excluding carboxylic acids is 1. The van der Waals surface area contributed by atoms with E-state index in [1.807, 2.05) is 0 Å². The van der Waals surface area contributed by atoms with E-state index in [9.17, 15) is 18.0 Å². The van der Waals surface area contributed by atoms with Gasteiger partial charge in [-0.1, -0.05) is 13.0 Å². The van der Waals surface area contributed by atoms with E-state index in [2.05, 4.69) is 5.43 Å². The van der Waals surface area contributed by atoms with E-state index < -0.39 is 23.9 Å². The van der Waals surface area contributed by atoms with Crippen LogP contribution < -0.4 is 10.2 Å². The minimum Gasteiger partial charge on any atom is -0.490 e. The summed E-state index contributed by atoms with van der Waals surface area (Å²) in [7, 11) is 0. The Morgan fingerprint density at radius 1 is 1.36 bits per heavy atom. The van der Waals surface area contributed by atoms with Gasteiger partial charge in [0.2, 0.25) is 0 Å². The van der Waals surface area contributed by atoms with Crippen LogP contribution in [0.2, 0.25) is 0 Å². The molecule has 1 unspecified atom stereocenters. The highest BCUT2D eigenvalue weighted by atomic mass is 19.4. The number of morpholine rings is 1. The number of hydrogen-bond acceptors (Lipinski definition) is 5. The summed E-state index contributed by atoms with van der Waals surface area (Å²) in [5.41, 5.74) is 1.81. The van der Waals surface area contributed by atoms with Gasteiger partial charge in [0.15, 0.2) is 0 Å². The number of hydrazine groups is 1. The third-order valence-electron chi connectivity index (χ3n) is 3.59. The fourth-order valence-corrected chi connectivity index (χ4v) is 2.17. The zero-order chi connectivity index (χ0) is 18.3. The van der Waals surface area contributed by atoms with Gasteiger partial charge in [0.1, 0.15) is 18.5 Å². The molecule has 9 heteroatoms. The molecule has 1 N–H and O–H groups in total. The molecule has 2 rings (SSSR count). The maximum absolute atomic E-state index is 12.7. The van der Waals surface area contributed by atoms with Crippen LogP contribution in [0.3, 0.4) is 0 Å². The minimum atomic E-state index is -4.43. The minimum absolute atomic E-state index is 0.0334. The molecule has 0 saturated carbocycles. The quantitative estimate of drug-likeness (QED) is 0.843. The Labute approximate surface area is 143 Å². The molecular weight excluding hydrogens is 341 g/mol. The molecule has 1 aromatic rings. The number of ether oxygens (including phenoxy) is 3. The van der Waals surface area contributed by atoms with Crippen molar-refractivity contribution in [3.8, 4) is 5.75 Å². The number of benzene rings is 1. The lowest BCUT2D eigenvalue weighted by molar-refractivity contribution is -0.137. The highest BCUT2D eigenvalue weighted by Crippen LogP contribution is 2.31. The Kier molecular flexibility index (Phi) is 6.89. The summed E-state index contributed by atoms with van der Waals surface area (Å²) in [5.74, 6) is 0.0745. The molecule has 0 spiro atoms. The predicted molar refractivity (Wildman–Crippen MR) is 83.0 cm³/mol. The van der Waals surface area contributed by atoms with Gasteiger partial charge in [0.05, 0.1) is 18.8 Å². The van der Waals surface area contributed by atoms with Crippen LogP contribution in [0, 0.1) is 0 Å². The van der Waals surface area contributed by atoms with Gasteiger partial charge >= 0.3 is 12.3 Å². The average Bonchev–Trinajstić information content (AvgIpc) is 2.59. The number of amides is 1. The first kappa shape index (κ1) is 19.3. The van der Waals surface area contributed by atoms with Crippen LogP contribution >= 0.6 is 0 Å². The summed E-state index contributed by atoms with van der Waals surface area (Å²) in [6.07, 6.45) is -5.16. The van der Waals surface area contributed by atoms with Crippen molar-refractivity contribution in [1.29, 1.82) is 0 Å². The topological polar surface area (TPSA) is 60.0 Å². The first-order chi connectivity index (χ1) is 11.9. The Hall–Kier alpha value is -2.00. The third-order valence-corrected chi connectivity index (χ3v) is 3.59. The molecule has 0 radical (unpaired) electrons. The zero-order valence-corrected chi connectivity index (χ0v) is 13.8. The Balaban J connectivity index is 1.82. The predicted octanol–water partition coefficient (Wildman–Crippen LogP) is 2.84. The fourth-order valence-electron chi connectivity index (χ4n) is 2.17. The Morgan fingerprint density at radius 3 is 2.72 bits per heavy atom. The molecule has 1 aliphatic heterocycles. The molecule has 1 fully saturated rings. The van der Waals surface area contributed by atoms with Crippen LogP contribution in [0.5, 0.6) is 5.75 Å². The van der Waals surface area contributed by atoms with Crippen LogP contribution in [0.25, 0.3) is 0 Å². The van der Waals surface area contributed by atoms with E-state index in [4.69, 9.17) is 14.2 Å². The highest BCUT2D eigenvalue weighted by Gasteiger charge is 2.30. The number of alkyl halides is 3. The Morgan fingerprint density at radius 2 is 2.08 bits per heavy atom. The number of hydrogen-bond donors (Lipinski definition) is 1. The normalized spacial score (nSPS) is 17.0. The summed E-state index contributed by atoms with van der Waals surface area (Å²) < 4.78 is 53.8. The van der Waals surface area contributed by atoms with Crippen molar-refractivity contribution >= 4 is 6.09 Å². The van der Waals surface area contributed by atoms with E-state index in [1.54, 1.807) is 11.9 Å². The van der Waals surface area contributed by atoms with Gasteiger partial charge in [-0.3, -0.25) is 5.43 Å². The maximum atomic E-state index is 12.7. The molecule has 1 aromatic carbocycles. The number of carbonyl (C=O) groups is 1. The van der Waals surface area contributed by atoms with Crippen LogP contribution in [0.4, 0.5) is 18.0 Å². The van der Waals surface area contributed by atoms with E-state index >= 15 is 0 Å². The summed E-state index contributed by atoms with van der Waals surface area (Å²) in [5, 5.41) is 1.69. The molecule has 1 heterocycles. The van der Waals surface area contributed by atoms with E-state index in [0.717, 1.165) is 12.1 Å². The third kappa shape index (κ3) is 6.43. The molecule has 1 aliphatic rings.